The molecular formula is C9H16O6. The summed E-state index contributed by atoms with van der Waals surface area (Å²) in [6.07, 6.45) is 0.286. The van der Waals surface area contributed by atoms with E-state index in [-0.39, 0.29) is 25.9 Å². The van der Waals surface area contributed by atoms with Crippen molar-refractivity contribution in [2.24, 2.45) is 0 Å². The molecule has 6 nitrogen and oxygen atoms in total. The molecular weight excluding hydrogens is 204 g/mol. The Bertz CT molecular complexity index is 207. The Morgan fingerprint density at radius 2 is 2.07 bits per heavy atom. The second-order valence-electron chi connectivity index (χ2n) is 3.12. The molecule has 0 aliphatic rings. The van der Waals surface area contributed by atoms with Gasteiger partial charge in [-0.3, -0.25) is 0 Å². The van der Waals surface area contributed by atoms with Gasteiger partial charge in [-0.15, -0.1) is 6.58 Å². The van der Waals surface area contributed by atoms with Crippen LogP contribution in [0.15, 0.2) is 12.7 Å². The summed E-state index contributed by atoms with van der Waals surface area (Å²) in [6.45, 7) is 3.48. The predicted molar refractivity (Wildman–Crippen MR) is 50.8 cm³/mol. The minimum Gasteiger partial charge on any atom is -0.479 e. The van der Waals surface area contributed by atoms with Gasteiger partial charge in [0.25, 0.3) is 5.97 Å². The van der Waals surface area contributed by atoms with Gasteiger partial charge in [-0.2, -0.15) is 0 Å². The van der Waals surface area contributed by atoms with Crippen molar-refractivity contribution in [3.63, 3.8) is 0 Å². The van der Waals surface area contributed by atoms with Crippen LogP contribution >= 0.6 is 0 Å². The summed E-state index contributed by atoms with van der Waals surface area (Å²) in [6, 6.07) is 0. The molecule has 0 aromatic carbocycles. The molecule has 0 fully saturated rings. The van der Waals surface area contributed by atoms with Crippen LogP contribution in [-0.4, -0.2) is 45.1 Å². The van der Waals surface area contributed by atoms with Crippen LogP contribution in [0.25, 0.3) is 0 Å². The van der Waals surface area contributed by atoms with Crippen LogP contribution in [0.3, 0.4) is 0 Å². The van der Waals surface area contributed by atoms with Crippen LogP contribution < -0.4 is 0 Å². The van der Waals surface area contributed by atoms with Gasteiger partial charge in [0.05, 0.1) is 6.61 Å². The van der Waals surface area contributed by atoms with E-state index in [0.717, 1.165) is 0 Å². The first-order valence-corrected chi connectivity index (χ1v) is 4.49. The van der Waals surface area contributed by atoms with Crippen molar-refractivity contribution in [3.05, 3.63) is 12.7 Å². The zero-order valence-corrected chi connectivity index (χ0v) is 8.30. The van der Waals surface area contributed by atoms with Crippen molar-refractivity contribution < 1.29 is 30.0 Å². The van der Waals surface area contributed by atoms with Crippen molar-refractivity contribution >= 4 is 5.97 Å². The lowest BCUT2D eigenvalue weighted by Crippen LogP contribution is -2.29. The normalized spacial score (nSPS) is 13.5. The topological polar surface area (TPSA) is 107 Å². The highest BCUT2D eigenvalue weighted by Crippen LogP contribution is 2.11. The molecule has 0 rings (SSSR count). The summed E-state index contributed by atoms with van der Waals surface area (Å²) in [4.78, 5) is 10.6. The number of carbonyl (C=O) groups is 1. The SMILES string of the molecule is C=CCOC(CCCC(O)(O)O)C(=O)O. The smallest absolute Gasteiger partial charge is 0.332 e. The lowest BCUT2D eigenvalue weighted by Gasteiger charge is -2.16. The maximum Gasteiger partial charge on any atom is 0.332 e. The maximum absolute atomic E-state index is 10.6. The summed E-state index contributed by atoms with van der Waals surface area (Å²) >= 11 is 0. The summed E-state index contributed by atoms with van der Waals surface area (Å²) in [7, 11) is 0. The third-order valence-electron chi connectivity index (χ3n) is 1.67. The zero-order chi connectivity index (χ0) is 11.9. The van der Waals surface area contributed by atoms with Crippen molar-refractivity contribution in [1.29, 1.82) is 0 Å². The number of ether oxygens (including phenoxy) is 1. The number of aliphatic carboxylic acids is 1. The molecule has 0 bridgehead atoms. The Balaban J connectivity index is 3.86. The minimum absolute atomic E-state index is 0.0899. The lowest BCUT2D eigenvalue weighted by molar-refractivity contribution is -0.315. The maximum atomic E-state index is 10.6. The van der Waals surface area contributed by atoms with Crippen molar-refractivity contribution in [2.75, 3.05) is 6.61 Å². The monoisotopic (exact) mass is 220 g/mol. The average Bonchev–Trinajstić information content (AvgIpc) is 2.08. The van der Waals surface area contributed by atoms with Crippen molar-refractivity contribution in [3.8, 4) is 0 Å². The van der Waals surface area contributed by atoms with Gasteiger partial charge in [-0.25, -0.2) is 4.79 Å². The van der Waals surface area contributed by atoms with E-state index in [0.29, 0.717) is 0 Å². The van der Waals surface area contributed by atoms with Crippen molar-refractivity contribution in [2.45, 2.75) is 31.3 Å². The summed E-state index contributed by atoms with van der Waals surface area (Å²) in [5.41, 5.74) is 0. The van der Waals surface area contributed by atoms with E-state index in [1.165, 1.54) is 6.08 Å². The molecule has 0 amide bonds. The number of hydrogen-bond donors (Lipinski definition) is 4. The van der Waals surface area contributed by atoms with Crippen LogP contribution in [-0.2, 0) is 9.53 Å². The molecule has 0 saturated heterocycles. The number of hydrogen-bond acceptors (Lipinski definition) is 5. The van der Waals surface area contributed by atoms with E-state index in [1.54, 1.807) is 0 Å². The highest BCUT2D eigenvalue weighted by molar-refractivity contribution is 5.72. The van der Waals surface area contributed by atoms with Gasteiger partial charge >= 0.3 is 5.97 Å². The first-order valence-electron chi connectivity index (χ1n) is 4.49. The first-order chi connectivity index (χ1) is 6.87. The third-order valence-corrected chi connectivity index (χ3v) is 1.67. The van der Waals surface area contributed by atoms with E-state index in [1.807, 2.05) is 0 Å². The van der Waals surface area contributed by atoms with E-state index in [9.17, 15) is 4.79 Å². The Morgan fingerprint density at radius 3 is 2.47 bits per heavy atom. The van der Waals surface area contributed by atoms with E-state index in [2.05, 4.69) is 6.58 Å². The molecule has 0 spiro atoms. The second kappa shape index (κ2) is 6.52. The molecule has 0 heterocycles. The molecule has 0 aromatic rings. The number of rotatable bonds is 8. The Hall–Kier alpha value is -0.950. The van der Waals surface area contributed by atoms with Gasteiger partial charge in [-0.05, 0) is 12.8 Å². The molecule has 0 saturated carbocycles. The molecule has 88 valence electrons. The quantitative estimate of drug-likeness (QED) is 0.323. The lowest BCUT2D eigenvalue weighted by atomic mass is 10.1. The minimum atomic E-state index is -2.75. The van der Waals surface area contributed by atoms with Gasteiger partial charge in [-0.1, -0.05) is 6.08 Å². The fraction of sp³-hybridized carbons (Fsp3) is 0.667. The number of aliphatic hydroxyl groups is 3. The van der Waals surface area contributed by atoms with Gasteiger partial charge in [0, 0.05) is 6.42 Å². The second-order valence-corrected chi connectivity index (χ2v) is 3.12. The van der Waals surface area contributed by atoms with E-state index >= 15 is 0 Å². The summed E-state index contributed by atoms with van der Waals surface area (Å²) in [5, 5.41) is 34.3. The van der Waals surface area contributed by atoms with Crippen LogP contribution in [0.5, 0.6) is 0 Å². The average molecular weight is 220 g/mol. The first kappa shape index (κ1) is 14.1. The molecule has 1 atom stereocenters. The van der Waals surface area contributed by atoms with Gasteiger partial charge in [0.15, 0.2) is 6.10 Å². The molecule has 0 aromatic heterocycles. The third kappa shape index (κ3) is 8.07. The fourth-order valence-corrected chi connectivity index (χ4v) is 0.987. The fourth-order valence-electron chi connectivity index (χ4n) is 0.987. The number of carboxylic acid groups (broad SMARTS) is 1. The molecule has 1 unspecified atom stereocenters. The highest BCUT2D eigenvalue weighted by Gasteiger charge is 2.21. The number of carboxylic acids is 1. The Labute approximate surface area is 87.4 Å². The standard InChI is InChI=1S/C9H16O6/c1-2-6-15-7(8(10)11)4-3-5-9(12,13)14/h2,7,12-14H,1,3-6H2,(H,10,11). The molecule has 0 radical (unpaired) electrons. The van der Waals surface area contributed by atoms with Crippen LogP contribution in [0, 0.1) is 0 Å². The molecule has 6 heteroatoms. The highest BCUT2D eigenvalue weighted by atomic mass is 16.7. The largest absolute Gasteiger partial charge is 0.479 e. The predicted octanol–water partition coefficient (Wildman–Crippen LogP) is -0.557. The Morgan fingerprint density at radius 1 is 1.47 bits per heavy atom. The van der Waals surface area contributed by atoms with Gasteiger partial charge in [0.2, 0.25) is 0 Å². The van der Waals surface area contributed by atoms with Gasteiger partial charge in [0.1, 0.15) is 0 Å². The van der Waals surface area contributed by atoms with E-state index < -0.39 is 18.0 Å². The molecule has 15 heavy (non-hydrogen) atoms. The molecule has 0 aliphatic heterocycles. The zero-order valence-electron chi connectivity index (χ0n) is 8.30. The van der Waals surface area contributed by atoms with Crippen LogP contribution in [0.4, 0.5) is 0 Å². The van der Waals surface area contributed by atoms with Crippen LogP contribution in [0.2, 0.25) is 0 Å². The van der Waals surface area contributed by atoms with E-state index in [4.69, 9.17) is 25.2 Å². The molecule has 4 N–H and O–H groups in total. The summed E-state index contributed by atoms with van der Waals surface area (Å²) < 4.78 is 4.90. The van der Waals surface area contributed by atoms with Crippen LogP contribution in [0.1, 0.15) is 19.3 Å². The van der Waals surface area contributed by atoms with Gasteiger partial charge < -0.3 is 25.2 Å². The Kier molecular flexibility index (Phi) is 6.11. The molecule has 0 aliphatic carbocycles. The van der Waals surface area contributed by atoms with Crippen molar-refractivity contribution in [1.82, 2.24) is 0 Å². The summed E-state index contributed by atoms with van der Waals surface area (Å²) in [5.74, 6) is -3.88.